The standard InChI is InChI=1S/C23H31N3O3S/c1-18-13-15-26(16-14-18)17-20-3-8-21(9-4-20)25-23(27)12-7-19-5-10-22(11-6-19)30(28,29)24-2/h3-6,8-11,18,24H,7,12-17H2,1-2H3,(H,25,27). The zero-order chi connectivity index (χ0) is 21.6. The van der Waals surface area contributed by atoms with Crippen LogP contribution >= 0.6 is 0 Å². The fraction of sp³-hybridized carbons (Fsp3) is 0.435. The van der Waals surface area contributed by atoms with Gasteiger partial charge >= 0.3 is 0 Å². The SMILES string of the molecule is CNS(=O)(=O)c1ccc(CCC(=O)Nc2ccc(CN3CCC(C)CC3)cc2)cc1. The van der Waals surface area contributed by atoms with E-state index in [2.05, 4.69) is 34.0 Å². The van der Waals surface area contributed by atoms with Crippen molar-refractivity contribution < 1.29 is 13.2 Å². The number of benzene rings is 2. The van der Waals surface area contributed by atoms with Gasteiger partial charge in [0.1, 0.15) is 0 Å². The molecule has 2 N–H and O–H groups in total. The number of carbonyl (C=O) groups excluding carboxylic acids is 1. The molecule has 1 amide bonds. The highest BCUT2D eigenvalue weighted by molar-refractivity contribution is 7.89. The monoisotopic (exact) mass is 429 g/mol. The predicted octanol–water partition coefficient (Wildman–Crippen LogP) is 3.40. The molecule has 1 heterocycles. The number of piperidine rings is 1. The Morgan fingerprint density at radius 2 is 1.60 bits per heavy atom. The van der Waals surface area contributed by atoms with Crippen molar-refractivity contribution in [3.63, 3.8) is 0 Å². The number of sulfonamides is 1. The second-order valence-electron chi connectivity index (χ2n) is 8.06. The first-order chi connectivity index (χ1) is 14.4. The van der Waals surface area contributed by atoms with Gasteiger partial charge in [0.2, 0.25) is 15.9 Å². The molecule has 0 atom stereocenters. The average Bonchev–Trinajstić information content (AvgIpc) is 2.75. The van der Waals surface area contributed by atoms with Crippen LogP contribution in [0.25, 0.3) is 0 Å². The van der Waals surface area contributed by atoms with Crippen LogP contribution in [0.15, 0.2) is 53.4 Å². The fourth-order valence-corrected chi connectivity index (χ4v) is 4.34. The lowest BCUT2D eigenvalue weighted by Gasteiger charge is -2.30. The first kappa shape index (κ1) is 22.5. The van der Waals surface area contributed by atoms with E-state index in [0.717, 1.165) is 36.8 Å². The van der Waals surface area contributed by atoms with Crippen LogP contribution in [0.2, 0.25) is 0 Å². The van der Waals surface area contributed by atoms with E-state index in [0.29, 0.717) is 12.8 Å². The quantitative estimate of drug-likeness (QED) is 0.674. The van der Waals surface area contributed by atoms with Crippen molar-refractivity contribution in [1.29, 1.82) is 0 Å². The molecule has 6 nitrogen and oxygen atoms in total. The Hall–Kier alpha value is -2.22. The zero-order valence-corrected chi connectivity index (χ0v) is 18.5. The second kappa shape index (κ2) is 10.2. The first-order valence-electron chi connectivity index (χ1n) is 10.5. The summed E-state index contributed by atoms with van der Waals surface area (Å²) in [6, 6.07) is 14.7. The maximum atomic E-state index is 12.3. The van der Waals surface area contributed by atoms with Crippen molar-refractivity contribution in [1.82, 2.24) is 9.62 Å². The topological polar surface area (TPSA) is 78.5 Å². The molecule has 0 radical (unpaired) electrons. The van der Waals surface area contributed by atoms with Gasteiger partial charge in [-0.25, -0.2) is 13.1 Å². The summed E-state index contributed by atoms with van der Waals surface area (Å²) in [5, 5.41) is 2.94. The minimum atomic E-state index is -3.43. The summed E-state index contributed by atoms with van der Waals surface area (Å²) < 4.78 is 25.8. The predicted molar refractivity (Wildman–Crippen MR) is 120 cm³/mol. The van der Waals surface area contributed by atoms with E-state index < -0.39 is 10.0 Å². The molecule has 2 aromatic rings. The molecule has 3 rings (SSSR count). The molecular formula is C23H31N3O3S. The van der Waals surface area contributed by atoms with Crippen LogP contribution in [-0.4, -0.2) is 39.4 Å². The maximum Gasteiger partial charge on any atom is 0.240 e. The highest BCUT2D eigenvalue weighted by Crippen LogP contribution is 2.19. The molecule has 30 heavy (non-hydrogen) atoms. The Kier molecular flexibility index (Phi) is 7.64. The number of hydrogen-bond acceptors (Lipinski definition) is 4. The maximum absolute atomic E-state index is 12.3. The number of likely N-dealkylation sites (tertiary alicyclic amines) is 1. The fourth-order valence-electron chi connectivity index (χ4n) is 3.61. The third-order valence-corrected chi connectivity index (χ3v) is 7.09. The second-order valence-corrected chi connectivity index (χ2v) is 9.94. The van der Waals surface area contributed by atoms with Crippen molar-refractivity contribution in [2.24, 2.45) is 5.92 Å². The molecule has 162 valence electrons. The Balaban J connectivity index is 1.45. The molecule has 7 heteroatoms. The van der Waals surface area contributed by atoms with E-state index in [1.165, 1.54) is 25.5 Å². The number of aryl methyl sites for hydroxylation is 1. The lowest BCUT2D eigenvalue weighted by molar-refractivity contribution is -0.116. The molecule has 0 spiro atoms. The first-order valence-corrected chi connectivity index (χ1v) is 12.0. The smallest absolute Gasteiger partial charge is 0.240 e. The van der Waals surface area contributed by atoms with E-state index in [9.17, 15) is 13.2 Å². The van der Waals surface area contributed by atoms with E-state index in [4.69, 9.17) is 0 Å². The molecule has 1 fully saturated rings. The molecule has 0 unspecified atom stereocenters. The van der Waals surface area contributed by atoms with Crippen LogP contribution in [0.5, 0.6) is 0 Å². The van der Waals surface area contributed by atoms with Crippen LogP contribution in [0.4, 0.5) is 5.69 Å². The zero-order valence-electron chi connectivity index (χ0n) is 17.7. The van der Waals surface area contributed by atoms with Crippen molar-refractivity contribution in [2.75, 3.05) is 25.5 Å². The molecule has 0 aliphatic carbocycles. The van der Waals surface area contributed by atoms with Gasteiger partial charge < -0.3 is 5.32 Å². The number of nitrogens with one attached hydrogen (secondary N) is 2. The Labute approximate surface area is 179 Å². The molecule has 1 aliphatic rings. The largest absolute Gasteiger partial charge is 0.326 e. The van der Waals surface area contributed by atoms with Gasteiger partial charge in [0.15, 0.2) is 0 Å². The lowest BCUT2D eigenvalue weighted by Crippen LogP contribution is -2.32. The molecule has 2 aromatic carbocycles. The number of rotatable bonds is 8. The normalized spacial score (nSPS) is 15.8. The Morgan fingerprint density at radius 1 is 1.00 bits per heavy atom. The van der Waals surface area contributed by atoms with Crippen molar-refractivity contribution in [3.05, 3.63) is 59.7 Å². The van der Waals surface area contributed by atoms with Crippen LogP contribution in [0.1, 0.15) is 37.3 Å². The summed E-state index contributed by atoms with van der Waals surface area (Å²) in [6.45, 7) is 5.58. The number of carbonyl (C=O) groups is 1. The summed E-state index contributed by atoms with van der Waals surface area (Å²) >= 11 is 0. The highest BCUT2D eigenvalue weighted by atomic mass is 32.2. The summed E-state index contributed by atoms with van der Waals surface area (Å²) in [7, 11) is -2.05. The highest BCUT2D eigenvalue weighted by Gasteiger charge is 2.15. The van der Waals surface area contributed by atoms with Crippen LogP contribution < -0.4 is 10.0 Å². The molecule has 1 aliphatic heterocycles. The van der Waals surface area contributed by atoms with E-state index in [-0.39, 0.29) is 10.8 Å². The minimum absolute atomic E-state index is 0.0558. The van der Waals surface area contributed by atoms with E-state index in [1.54, 1.807) is 24.3 Å². The van der Waals surface area contributed by atoms with Gasteiger partial charge in [-0.05, 0) is 80.7 Å². The molecule has 1 saturated heterocycles. The van der Waals surface area contributed by atoms with Crippen molar-refractivity contribution >= 4 is 21.6 Å². The van der Waals surface area contributed by atoms with Gasteiger partial charge in [-0.2, -0.15) is 0 Å². The van der Waals surface area contributed by atoms with Gasteiger partial charge in [0.05, 0.1) is 4.90 Å². The van der Waals surface area contributed by atoms with Crippen molar-refractivity contribution in [2.45, 2.75) is 44.0 Å². The number of amides is 1. The summed E-state index contributed by atoms with van der Waals surface area (Å²) in [5.74, 6) is 0.776. The van der Waals surface area contributed by atoms with Gasteiger partial charge in [0.25, 0.3) is 0 Å². The number of hydrogen-bond donors (Lipinski definition) is 2. The summed E-state index contributed by atoms with van der Waals surface area (Å²) in [6.07, 6.45) is 3.42. The number of nitrogens with zero attached hydrogens (tertiary/aromatic N) is 1. The van der Waals surface area contributed by atoms with Gasteiger partial charge in [-0.15, -0.1) is 0 Å². The molecule has 0 bridgehead atoms. The van der Waals surface area contributed by atoms with Gasteiger partial charge in [-0.1, -0.05) is 31.2 Å². The lowest BCUT2D eigenvalue weighted by atomic mass is 9.99. The van der Waals surface area contributed by atoms with E-state index >= 15 is 0 Å². The third-order valence-electron chi connectivity index (χ3n) is 5.66. The van der Waals surface area contributed by atoms with Crippen LogP contribution in [0, 0.1) is 5.92 Å². The summed E-state index contributed by atoms with van der Waals surface area (Å²) in [5.41, 5.74) is 2.98. The van der Waals surface area contributed by atoms with Crippen LogP contribution in [-0.2, 0) is 27.8 Å². The van der Waals surface area contributed by atoms with Crippen LogP contribution in [0.3, 0.4) is 0 Å². The van der Waals surface area contributed by atoms with Crippen molar-refractivity contribution in [3.8, 4) is 0 Å². The Morgan fingerprint density at radius 3 is 2.20 bits per heavy atom. The van der Waals surface area contributed by atoms with Gasteiger partial charge in [-0.3, -0.25) is 9.69 Å². The third kappa shape index (κ3) is 6.39. The number of anilines is 1. The Bertz CT molecular complexity index is 933. The van der Waals surface area contributed by atoms with Gasteiger partial charge in [0, 0.05) is 18.7 Å². The molecule has 0 aromatic heterocycles. The molecular weight excluding hydrogens is 398 g/mol. The molecule has 0 saturated carbocycles. The average molecular weight is 430 g/mol. The minimum Gasteiger partial charge on any atom is -0.326 e. The summed E-state index contributed by atoms with van der Waals surface area (Å²) in [4.78, 5) is 15.0. The van der Waals surface area contributed by atoms with E-state index in [1.807, 2.05) is 12.1 Å².